The highest BCUT2D eigenvalue weighted by Crippen LogP contribution is 2.43. The van der Waals surface area contributed by atoms with Crippen LogP contribution in [0.3, 0.4) is 0 Å². The first-order valence-electron chi connectivity index (χ1n) is 18.4. The van der Waals surface area contributed by atoms with Crippen LogP contribution in [0.15, 0.2) is 185 Å². The first kappa shape index (κ1) is 31.7. The summed E-state index contributed by atoms with van der Waals surface area (Å²) in [6.45, 7) is 0. The minimum Gasteiger partial charge on any atom is -0.455 e. The normalized spacial score (nSPS) is 11.6. The van der Waals surface area contributed by atoms with E-state index in [9.17, 15) is 0 Å². The molecular weight excluding hydrogens is 691 g/mol. The summed E-state index contributed by atoms with van der Waals surface area (Å²) in [6.07, 6.45) is 0. The number of furan rings is 2. The van der Waals surface area contributed by atoms with Gasteiger partial charge >= 0.3 is 0 Å². The van der Waals surface area contributed by atoms with Gasteiger partial charge in [0.1, 0.15) is 28.0 Å². The number of para-hydroxylation sites is 2. The van der Waals surface area contributed by atoms with Crippen molar-refractivity contribution < 1.29 is 8.83 Å². The molecule has 4 heterocycles. The fraction of sp³-hybridized carbons (Fsp3) is 0. The van der Waals surface area contributed by atoms with Crippen molar-refractivity contribution in [1.82, 2.24) is 24.9 Å². The molecule has 0 N–H and O–H groups in total. The van der Waals surface area contributed by atoms with Crippen molar-refractivity contribution in [3.05, 3.63) is 176 Å². The Kier molecular flexibility index (Phi) is 7.35. The molecule has 0 unspecified atom stereocenters. The van der Waals surface area contributed by atoms with Gasteiger partial charge in [-0.1, -0.05) is 152 Å². The van der Waals surface area contributed by atoms with Gasteiger partial charge in [0, 0.05) is 44.0 Å². The molecule has 0 radical (unpaired) electrons. The van der Waals surface area contributed by atoms with Gasteiger partial charge in [-0.05, 0) is 35.4 Å². The molecule has 0 aliphatic carbocycles. The zero-order valence-electron chi connectivity index (χ0n) is 29.8. The van der Waals surface area contributed by atoms with Crippen LogP contribution in [0.2, 0.25) is 0 Å². The summed E-state index contributed by atoms with van der Waals surface area (Å²) in [4.78, 5) is 24.9. The molecule has 11 aromatic rings. The van der Waals surface area contributed by atoms with Crippen molar-refractivity contribution in [3.63, 3.8) is 0 Å². The summed E-state index contributed by atoms with van der Waals surface area (Å²) in [7, 11) is 0. The average molecular weight is 720 g/mol. The third kappa shape index (κ3) is 5.33. The fourth-order valence-corrected chi connectivity index (χ4v) is 7.50. The number of benzene rings is 7. The third-order valence-electron chi connectivity index (χ3n) is 10.2. The Morgan fingerprint density at radius 2 is 0.768 bits per heavy atom. The molecule has 0 saturated heterocycles. The molecule has 0 amide bonds. The van der Waals surface area contributed by atoms with Crippen LogP contribution in [0.25, 0.3) is 112 Å². The number of rotatable bonds is 6. The largest absolute Gasteiger partial charge is 0.455 e. The van der Waals surface area contributed by atoms with Gasteiger partial charge in [0.2, 0.25) is 0 Å². The van der Waals surface area contributed by atoms with Gasteiger partial charge in [0.15, 0.2) is 28.9 Å². The van der Waals surface area contributed by atoms with Crippen LogP contribution in [-0.4, -0.2) is 24.9 Å². The highest BCUT2D eigenvalue weighted by atomic mass is 16.3. The molecule has 7 nitrogen and oxygen atoms in total. The zero-order valence-corrected chi connectivity index (χ0v) is 29.8. The number of hydrogen-bond donors (Lipinski definition) is 0. The Labute approximate surface area is 320 Å². The predicted molar refractivity (Wildman–Crippen MR) is 223 cm³/mol. The van der Waals surface area contributed by atoms with Gasteiger partial charge in [-0.3, -0.25) is 0 Å². The molecule has 0 spiro atoms. The van der Waals surface area contributed by atoms with E-state index in [4.69, 9.17) is 33.8 Å². The smallest absolute Gasteiger partial charge is 0.180 e. The van der Waals surface area contributed by atoms with Gasteiger partial charge in [-0.15, -0.1) is 0 Å². The Balaban J connectivity index is 1.05. The maximum absolute atomic E-state index is 6.74. The molecule has 11 rings (SSSR count). The van der Waals surface area contributed by atoms with E-state index in [0.717, 1.165) is 77.4 Å². The predicted octanol–water partition coefficient (Wildman–Crippen LogP) is 12.5. The number of nitrogens with zero attached hydrogens (tertiary/aromatic N) is 5. The van der Waals surface area contributed by atoms with E-state index in [1.165, 1.54) is 0 Å². The van der Waals surface area contributed by atoms with Crippen molar-refractivity contribution in [3.8, 4) is 67.9 Å². The lowest BCUT2D eigenvalue weighted by Gasteiger charge is -2.09. The molecule has 262 valence electrons. The van der Waals surface area contributed by atoms with Crippen molar-refractivity contribution in [1.29, 1.82) is 0 Å². The lowest BCUT2D eigenvalue weighted by atomic mass is 9.97. The van der Waals surface area contributed by atoms with Crippen molar-refractivity contribution in [2.24, 2.45) is 0 Å². The molecule has 0 aliphatic heterocycles. The SMILES string of the molecule is c1ccc(-c2nc(-c3ccccc3)nc(-c3ccc(-c4cccc5oc6c(-c7nc(-c8ccccc8)nc8c7oc7ccccc78)cccc6c45)cc3)n2)cc1. The van der Waals surface area contributed by atoms with Gasteiger partial charge in [0.25, 0.3) is 0 Å². The van der Waals surface area contributed by atoms with E-state index < -0.39 is 0 Å². The maximum atomic E-state index is 6.74. The second kappa shape index (κ2) is 13.0. The van der Waals surface area contributed by atoms with Crippen LogP contribution < -0.4 is 0 Å². The zero-order chi connectivity index (χ0) is 37.0. The fourth-order valence-electron chi connectivity index (χ4n) is 7.50. The summed E-state index contributed by atoms with van der Waals surface area (Å²) < 4.78 is 13.2. The van der Waals surface area contributed by atoms with Crippen LogP contribution in [0.5, 0.6) is 0 Å². The van der Waals surface area contributed by atoms with Crippen LogP contribution in [0.4, 0.5) is 0 Å². The summed E-state index contributed by atoms with van der Waals surface area (Å²) in [5.74, 6) is 2.49. The average Bonchev–Trinajstić information content (AvgIpc) is 3.86. The van der Waals surface area contributed by atoms with Crippen LogP contribution in [0.1, 0.15) is 0 Å². The van der Waals surface area contributed by atoms with Gasteiger partial charge in [-0.25, -0.2) is 24.9 Å². The van der Waals surface area contributed by atoms with E-state index in [0.29, 0.717) is 34.6 Å². The van der Waals surface area contributed by atoms with E-state index >= 15 is 0 Å². The first-order valence-corrected chi connectivity index (χ1v) is 18.4. The summed E-state index contributed by atoms with van der Waals surface area (Å²) in [5, 5.41) is 2.95. The number of fused-ring (bicyclic) bond motifs is 6. The van der Waals surface area contributed by atoms with Gasteiger partial charge in [-0.2, -0.15) is 0 Å². The second-order valence-corrected chi connectivity index (χ2v) is 13.6. The second-order valence-electron chi connectivity index (χ2n) is 13.6. The minimum atomic E-state index is 0.609. The molecule has 0 atom stereocenters. The quantitative estimate of drug-likeness (QED) is 0.169. The molecule has 0 fully saturated rings. The molecule has 7 aromatic carbocycles. The standard InChI is InChI=1S/C49H29N5O2/c1-4-14-31(15-5-1)46-50-42-36-20-10-11-24-39(36)55-45(42)43(51-46)38-23-12-22-37-41-35(21-13-25-40(41)56-44(37)38)30-26-28-34(29-27-30)49-53-47(32-16-6-2-7-17-32)52-48(54-49)33-18-8-3-9-19-33/h1-29H. The monoisotopic (exact) mass is 719 g/mol. The molecule has 0 saturated carbocycles. The first-order chi connectivity index (χ1) is 27.7. The highest BCUT2D eigenvalue weighted by molar-refractivity contribution is 6.17. The van der Waals surface area contributed by atoms with E-state index in [1.54, 1.807) is 0 Å². The van der Waals surface area contributed by atoms with Gasteiger partial charge < -0.3 is 8.83 Å². The van der Waals surface area contributed by atoms with Crippen LogP contribution in [-0.2, 0) is 0 Å². The topological polar surface area (TPSA) is 90.7 Å². The molecule has 0 bridgehead atoms. The lowest BCUT2D eigenvalue weighted by Crippen LogP contribution is -2.00. The number of hydrogen-bond acceptors (Lipinski definition) is 7. The Bertz CT molecular complexity index is 3170. The maximum Gasteiger partial charge on any atom is 0.180 e. The van der Waals surface area contributed by atoms with Crippen molar-refractivity contribution in [2.75, 3.05) is 0 Å². The number of aromatic nitrogens is 5. The summed E-state index contributed by atoms with van der Waals surface area (Å²) in [5.41, 5.74) is 11.0. The lowest BCUT2D eigenvalue weighted by molar-refractivity contribution is 0.663. The van der Waals surface area contributed by atoms with E-state index in [-0.39, 0.29) is 0 Å². The van der Waals surface area contributed by atoms with Crippen molar-refractivity contribution in [2.45, 2.75) is 0 Å². The van der Waals surface area contributed by atoms with Gasteiger partial charge in [0.05, 0.1) is 0 Å². The Morgan fingerprint density at radius 3 is 1.41 bits per heavy atom. The van der Waals surface area contributed by atoms with E-state index in [1.807, 2.05) is 133 Å². The minimum absolute atomic E-state index is 0.609. The highest BCUT2D eigenvalue weighted by Gasteiger charge is 2.23. The Morgan fingerprint density at radius 1 is 0.304 bits per heavy atom. The summed E-state index contributed by atoms with van der Waals surface area (Å²) in [6, 6.07) is 58.8. The molecule has 0 aliphatic rings. The molecular formula is C49H29N5O2. The molecule has 7 heteroatoms. The van der Waals surface area contributed by atoms with Crippen LogP contribution >= 0.6 is 0 Å². The molecule has 4 aromatic heterocycles. The van der Waals surface area contributed by atoms with E-state index in [2.05, 4.69) is 42.5 Å². The third-order valence-corrected chi connectivity index (χ3v) is 10.2. The summed E-state index contributed by atoms with van der Waals surface area (Å²) >= 11 is 0. The Hall–Kier alpha value is -7.77. The van der Waals surface area contributed by atoms with Crippen LogP contribution in [0, 0.1) is 0 Å². The van der Waals surface area contributed by atoms with Crippen molar-refractivity contribution >= 4 is 44.0 Å². The molecule has 56 heavy (non-hydrogen) atoms.